The topological polar surface area (TPSA) is 44.5 Å². The van der Waals surface area contributed by atoms with E-state index >= 15 is 0 Å². The van der Waals surface area contributed by atoms with Crippen LogP contribution in [-0.2, 0) is 4.84 Å². The van der Waals surface area contributed by atoms with Crippen molar-refractivity contribution in [3.63, 3.8) is 0 Å². The van der Waals surface area contributed by atoms with Gasteiger partial charge in [0.1, 0.15) is 11.6 Å². The maximum Gasteiger partial charge on any atom is 0.126 e. The van der Waals surface area contributed by atoms with Crippen LogP contribution in [0.15, 0.2) is 24.3 Å². The van der Waals surface area contributed by atoms with Gasteiger partial charge >= 0.3 is 0 Å². The monoisotopic (exact) mass is 185 g/mol. The molecule has 0 fully saturated rings. The van der Waals surface area contributed by atoms with Gasteiger partial charge < -0.3 is 9.57 Å². The summed E-state index contributed by atoms with van der Waals surface area (Å²) in [4.78, 5) is 4.35. The number of hydrogen-bond acceptors (Lipinski definition) is 3. The van der Waals surface area contributed by atoms with Gasteiger partial charge in [0.2, 0.25) is 0 Å². The Kier molecular flexibility index (Phi) is 4.21. The van der Waals surface area contributed by atoms with E-state index in [1.54, 1.807) is 12.1 Å². The molecule has 4 heteroatoms. The molecule has 0 atom stereocenters. The Morgan fingerprint density at radius 1 is 1.31 bits per heavy atom. The molecule has 1 aromatic carbocycles. The summed E-state index contributed by atoms with van der Waals surface area (Å²) < 4.78 is 17.8. The summed E-state index contributed by atoms with van der Waals surface area (Å²) in [5.41, 5.74) is 0. The molecule has 0 aliphatic rings. The number of ether oxygens (including phenoxy) is 1. The molecule has 0 amide bonds. The minimum Gasteiger partial charge on any atom is -0.493 e. The van der Waals surface area contributed by atoms with Gasteiger partial charge in [-0.2, -0.15) is 0 Å². The molecule has 0 aliphatic carbocycles. The zero-order chi connectivity index (χ0) is 9.52. The van der Waals surface area contributed by atoms with Crippen LogP contribution >= 0.6 is 0 Å². The molecule has 0 spiro atoms. The Labute approximate surface area is 76.2 Å². The first-order chi connectivity index (χ1) is 6.33. The highest BCUT2D eigenvalue weighted by Gasteiger charge is 1.94. The third-order valence-electron chi connectivity index (χ3n) is 1.47. The van der Waals surface area contributed by atoms with E-state index in [0.717, 1.165) is 0 Å². The predicted molar refractivity (Wildman–Crippen MR) is 46.7 cm³/mol. The molecule has 1 rings (SSSR count). The molecule has 0 aliphatic heterocycles. The van der Waals surface area contributed by atoms with Crippen molar-refractivity contribution < 1.29 is 14.0 Å². The first-order valence-electron chi connectivity index (χ1n) is 4.03. The third-order valence-corrected chi connectivity index (χ3v) is 1.47. The molecule has 2 N–H and O–H groups in total. The average Bonchev–Trinajstić information content (AvgIpc) is 2.13. The fourth-order valence-electron chi connectivity index (χ4n) is 0.889. The highest BCUT2D eigenvalue weighted by atomic mass is 19.1. The largest absolute Gasteiger partial charge is 0.493 e. The van der Waals surface area contributed by atoms with E-state index in [-0.39, 0.29) is 5.82 Å². The molecule has 0 aromatic heterocycles. The van der Waals surface area contributed by atoms with Gasteiger partial charge in [-0.3, -0.25) is 0 Å². The molecule has 72 valence electrons. The summed E-state index contributed by atoms with van der Waals surface area (Å²) in [5.74, 6) is 5.04. The molecule has 13 heavy (non-hydrogen) atoms. The Balaban J connectivity index is 2.28. The van der Waals surface area contributed by atoms with E-state index in [0.29, 0.717) is 25.4 Å². The smallest absolute Gasteiger partial charge is 0.126 e. The van der Waals surface area contributed by atoms with Crippen LogP contribution in [0.5, 0.6) is 5.75 Å². The van der Waals surface area contributed by atoms with Gasteiger partial charge in [0.25, 0.3) is 0 Å². The zero-order valence-corrected chi connectivity index (χ0v) is 7.20. The second kappa shape index (κ2) is 5.50. The summed E-state index contributed by atoms with van der Waals surface area (Å²) >= 11 is 0. The quantitative estimate of drug-likeness (QED) is 0.558. The van der Waals surface area contributed by atoms with Crippen LogP contribution in [0.3, 0.4) is 0 Å². The van der Waals surface area contributed by atoms with Crippen LogP contribution in [0.2, 0.25) is 0 Å². The fourth-order valence-corrected chi connectivity index (χ4v) is 0.889. The Hall–Kier alpha value is -1.13. The van der Waals surface area contributed by atoms with Crippen molar-refractivity contribution in [2.24, 2.45) is 5.90 Å². The molecular weight excluding hydrogens is 173 g/mol. The van der Waals surface area contributed by atoms with Crippen molar-refractivity contribution in [3.8, 4) is 5.75 Å². The van der Waals surface area contributed by atoms with Crippen molar-refractivity contribution >= 4 is 0 Å². The van der Waals surface area contributed by atoms with Crippen LogP contribution in [0.4, 0.5) is 4.39 Å². The van der Waals surface area contributed by atoms with Gasteiger partial charge in [0, 0.05) is 12.5 Å². The highest BCUT2D eigenvalue weighted by Crippen LogP contribution is 2.11. The first kappa shape index (κ1) is 9.95. The van der Waals surface area contributed by atoms with Gasteiger partial charge in [-0.1, -0.05) is 6.07 Å². The van der Waals surface area contributed by atoms with Crippen LogP contribution < -0.4 is 10.6 Å². The van der Waals surface area contributed by atoms with Crippen molar-refractivity contribution in [3.05, 3.63) is 30.1 Å². The van der Waals surface area contributed by atoms with E-state index in [9.17, 15) is 4.39 Å². The lowest BCUT2D eigenvalue weighted by Gasteiger charge is -2.04. The summed E-state index contributed by atoms with van der Waals surface area (Å²) in [6.45, 7) is 0.913. The maximum absolute atomic E-state index is 12.6. The Morgan fingerprint density at radius 2 is 2.15 bits per heavy atom. The van der Waals surface area contributed by atoms with E-state index in [2.05, 4.69) is 4.84 Å². The lowest BCUT2D eigenvalue weighted by Crippen LogP contribution is -2.06. The molecule has 0 saturated heterocycles. The summed E-state index contributed by atoms with van der Waals surface area (Å²) in [7, 11) is 0. The summed E-state index contributed by atoms with van der Waals surface area (Å²) in [6.07, 6.45) is 0.688. The molecule has 0 heterocycles. The van der Waals surface area contributed by atoms with Crippen LogP contribution in [0, 0.1) is 5.82 Å². The number of benzene rings is 1. The Morgan fingerprint density at radius 3 is 2.85 bits per heavy atom. The maximum atomic E-state index is 12.6. The normalized spacial score (nSPS) is 10.0. The van der Waals surface area contributed by atoms with Crippen molar-refractivity contribution in [2.75, 3.05) is 13.2 Å². The molecular formula is C9H12FNO2. The van der Waals surface area contributed by atoms with E-state index < -0.39 is 0 Å². The minimum absolute atomic E-state index is 0.299. The van der Waals surface area contributed by atoms with Gasteiger partial charge in [0.05, 0.1) is 13.2 Å². The number of nitrogens with two attached hydrogens (primary N) is 1. The lowest BCUT2D eigenvalue weighted by atomic mass is 10.3. The second-order valence-electron chi connectivity index (χ2n) is 2.53. The van der Waals surface area contributed by atoms with Crippen molar-refractivity contribution in [1.82, 2.24) is 0 Å². The van der Waals surface area contributed by atoms with Gasteiger partial charge in [0.15, 0.2) is 0 Å². The molecule has 0 saturated carbocycles. The highest BCUT2D eigenvalue weighted by molar-refractivity contribution is 5.22. The van der Waals surface area contributed by atoms with E-state index in [1.165, 1.54) is 12.1 Å². The molecule has 1 aromatic rings. The molecule has 3 nitrogen and oxygen atoms in total. The van der Waals surface area contributed by atoms with Crippen molar-refractivity contribution in [2.45, 2.75) is 6.42 Å². The average molecular weight is 185 g/mol. The first-order valence-corrected chi connectivity index (χ1v) is 4.03. The SMILES string of the molecule is NOCCCOc1cccc(F)c1. The summed E-state index contributed by atoms with van der Waals surface area (Å²) in [6, 6.07) is 6.01. The lowest BCUT2D eigenvalue weighted by molar-refractivity contribution is 0.122. The number of halogens is 1. The number of hydrogen-bond donors (Lipinski definition) is 1. The second-order valence-corrected chi connectivity index (χ2v) is 2.53. The third kappa shape index (κ3) is 3.87. The standard InChI is InChI=1S/C9H12FNO2/c10-8-3-1-4-9(7-8)12-5-2-6-13-11/h1,3-4,7H,2,5-6,11H2. The zero-order valence-electron chi connectivity index (χ0n) is 7.20. The van der Waals surface area contributed by atoms with Gasteiger partial charge in [-0.05, 0) is 12.1 Å². The van der Waals surface area contributed by atoms with Crippen LogP contribution in [-0.4, -0.2) is 13.2 Å². The van der Waals surface area contributed by atoms with E-state index in [1.807, 2.05) is 0 Å². The summed E-state index contributed by atoms with van der Waals surface area (Å²) in [5, 5.41) is 0. The van der Waals surface area contributed by atoms with Crippen LogP contribution in [0.25, 0.3) is 0 Å². The van der Waals surface area contributed by atoms with Gasteiger partial charge in [-0.15, -0.1) is 0 Å². The van der Waals surface area contributed by atoms with Crippen LogP contribution in [0.1, 0.15) is 6.42 Å². The van der Waals surface area contributed by atoms with E-state index in [4.69, 9.17) is 10.6 Å². The molecule has 0 unspecified atom stereocenters. The Bertz CT molecular complexity index is 255. The van der Waals surface area contributed by atoms with Gasteiger partial charge in [-0.25, -0.2) is 10.3 Å². The molecule has 0 radical (unpaired) electrons. The minimum atomic E-state index is -0.299. The molecule has 0 bridgehead atoms. The number of rotatable bonds is 5. The van der Waals surface area contributed by atoms with Crippen molar-refractivity contribution in [1.29, 1.82) is 0 Å². The fraction of sp³-hybridized carbons (Fsp3) is 0.333. The predicted octanol–water partition coefficient (Wildman–Crippen LogP) is 1.48.